The van der Waals surface area contributed by atoms with E-state index in [4.69, 9.17) is 27.9 Å². The van der Waals surface area contributed by atoms with Crippen LogP contribution in [-0.2, 0) is 11.3 Å². The van der Waals surface area contributed by atoms with Crippen LogP contribution < -0.4 is 9.80 Å². The van der Waals surface area contributed by atoms with E-state index in [1.165, 1.54) is 0 Å². The van der Waals surface area contributed by atoms with Crippen LogP contribution in [0.2, 0.25) is 10.0 Å². The van der Waals surface area contributed by atoms with Gasteiger partial charge in [-0.3, -0.25) is 0 Å². The number of rotatable bonds is 6. The number of ether oxygens (including phenoxy) is 1. The summed E-state index contributed by atoms with van der Waals surface area (Å²) in [4.78, 5) is 13.4. The molecule has 1 unspecified atom stereocenters. The van der Waals surface area contributed by atoms with Crippen LogP contribution >= 0.6 is 23.2 Å². The summed E-state index contributed by atoms with van der Waals surface area (Å²) in [6, 6.07) is 7.83. The number of aliphatic hydroxyl groups excluding tert-OH is 1. The van der Waals surface area contributed by atoms with Crippen molar-refractivity contribution in [1.82, 2.24) is 9.97 Å². The van der Waals surface area contributed by atoms with Gasteiger partial charge in [-0.15, -0.1) is 0 Å². The van der Waals surface area contributed by atoms with Gasteiger partial charge >= 0.3 is 0 Å². The van der Waals surface area contributed by atoms with Crippen molar-refractivity contribution in [2.45, 2.75) is 44.4 Å². The van der Waals surface area contributed by atoms with Crippen molar-refractivity contribution in [3.63, 3.8) is 0 Å². The molecule has 0 radical (unpaired) electrons. The van der Waals surface area contributed by atoms with Crippen LogP contribution in [0.5, 0.6) is 0 Å². The lowest BCUT2D eigenvalue weighted by Gasteiger charge is -2.33. The molecule has 2 aromatic rings. The molecule has 8 heteroatoms. The summed E-state index contributed by atoms with van der Waals surface area (Å²) in [6.45, 7) is 3.43. The molecule has 0 saturated carbocycles. The molecule has 156 valence electrons. The Morgan fingerprint density at radius 3 is 2.55 bits per heavy atom. The van der Waals surface area contributed by atoms with Gasteiger partial charge < -0.3 is 19.6 Å². The number of aliphatic hydroxyl groups is 1. The van der Waals surface area contributed by atoms with Crippen molar-refractivity contribution in [2.75, 3.05) is 36.0 Å². The molecule has 4 rings (SSSR count). The molecule has 0 amide bonds. The maximum atomic E-state index is 9.58. The van der Waals surface area contributed by atoms with Gasteiger partial charge in [0, 0.05) is 25.7 Å². The summed E-state index contributed by atoms with van der Waals surface area (Å²) in [6.07, 6.45) is 5.85. The standard InChI is InChI=1S/C21H26Cl2N4O2/c22-18-4-3-15(10-19(18)23)13-29-17-5-8-26(9-6-17)20-11-21(25-14-24-20)27-7-1-2-16(27)12-28/h3-4,10-11,14,16-17,28H,1-2,5-9,12-13H2. The third-order valence-corrected chi connectivity index (χ3v) is 6.50. The fourth-order valence-electron chi connectivity index (χ4n) is 4.09. The predicted molar refractivity (Wildman–Crippen MR) is 116 cm³/mol. The van der Waals surface area contributed by atoms with Gasteiger partial charge in [-0.2, -0.15) is 0 Å². The minimum absolute atomic E-state index is 0.165. The quantitative estimate of drug-likeness (QED) is 0.739. The summed E-state index contributed by atoms with van der Waals surface area (Å²) < 4.78 is 6.08. The van der Waals surface area contributed by atoms with E-state index in [2.05, 4.69) is 19.8 Å². The fraction of sp³-hybridized carbons (Fsp3) is 0.524. The topological polar surface area (TPSA) is 61.7 Å². The van der Waals surface area contributed by atoms with Crippen molar-refractivity contribution in [3.8, 4) is 0 Å². The van der Waals surface area contributed by atoms with Gasteiger partial charge in [-0.25, -0.2) is 9.97 Å². The van der Waals surface area contributed by atoms with Gasteiger partial charge in [0.1, 0.15) is 18.0 Å². The zero-order chi connectivity index (χ0) is 20.2. The molecule has 0 bridgehead atoms. The molecule has 29 heavy (non-hydrogen) atoms. The second-order valence-corrected chi connectivity index (χ2v) is 8.47. The van der Waals surface area contributed by atoms with Crippen LogP contribution in [0.1, 0.15) is 31.2 Å². The van der Waals surface area contributed by atoms with Crippen LogP contribution in [0.4, 0.5) is 11.6 Å². The lowest BCUT2D eigenvalue weighted by atomic mass is 10.1. The van der Waals surface area contributed by atoms with Crippen molar-refractivity contribution in [2.24, 2.45) is 0 Å². The Bertz CT molecular complexity index is 830. The molecule has 6 nitrogen and oxygen atoms in total. The maximum absolute atomic E-state index is 9.58. The van der Waals surface area contributed by atoms with Crippen LogP contribution in [0, 0.1) is 0 Å². The number of nitrogens with zero attached hydrogens (tertiary/aromatic N) is 4. The Hall–Kier alpha value is -1.60. The molecule has 2 saturated heterocycles. The number of hydrogen-bond acceptors (Lipinski definition) is 6. The minimum atomic E-state index is 0.165. The van der Waals surface area contributed by atoms with Crippen LogP contribution in [0.25, 0.3) is 0 Å². The Kier molecular flexibility index (Phi) is 6.75. The van der Waals surface area contributed by atoms with E-state index in [9.17, 15) is 5.11 Å². The largest absolute Gasteiger partial charge is 0.394 e. The average molecular weight is 437 g/mol. The molecule has 2 aliphatic rings. The second kappa shape index (κ2) is 9.47. The minimum Gasteiger partial charge on any atom is -0.394 e. The summed E-state index contributed by atoms with van der Waals surface area (Å²) in [5.74, 6) is 1.85. The highest BCUT2D eigenvalue weighted by molar-refractivity contribution is 6.42. The zero-order valence-electron chi connectivity index (χ0n) is 16.3. The number of benzene rings is 1. The first-order chi connectivity index (χ1) is 14.1. The van der Waals surface area contributed by atoms with E-state index in [0.29, 0.717) is 16.7 Å². The SMILES string of the molecule is OCC1CCCN1c1cc(N2CCC(OCc3ccc(Cl)c(Cl)c3)CC2)ncn1. The van der Waals surface area contributed by atoms with Crippen molar-refractivity contribution in [1.29, 1.82) is 0 Å². The van der Waals surface area contributed by atoms with Gasteiger partial charge in [-0.05, 0) is 43.4 Å². The number of anilines is 2. The lowest BCUT2D eigenvalue weighted by molar-refractivity contribution is 0.0250. The predicted octanol–water partition coefficient (Wildman–Crippen LogP) is 3.93. The maximum Gasteiger partial charge on any atom is 0.134 e. The van der Waals surface area contributed by atoms with Crippen molar-refractivity contribution < 1.29 is 9.84 Å². The van der Waals surface area contributed by atoms with Crippen molar-refractivity contribution in [3.05, 3.63) is 46.2 Å². The third kappa shape index (κ3) is 4.94. The van der Waals surface area contributed by atoms with E-state index < -0.39 is 0 Å². The highest BCUT2D eigenvalue weighted by Gasteiger charge is 2.26. The first kappa shape index (κ1) is 20.7. The lowest BCUT2D eigenvalue weighted by Crippen LogP contribution is -2.38. The Morgan fingerprint density at radius 1 is 1.00 bits per heavy atom. The molecular weight excluding hydrogens is 411 g/mol. The Balaban J connectivity index is 1.31. The molecular formula is C21H26Cl2N4O2. The van der Waals surface area contributed by atoms with Crippen LogP contribution in [0.3, 0.4) is 0 Å². The zero-order valence-corrected chi connectivity index (χ0v) is 17.8. The third-order valence-electron chi connectivity index (χ3n) is 5.76. The Labute approximate surface area is 181 Å². The fourth-order valence-corrected chi connectivity index (χ4v) is 4.41. The van der Waals surface area contributed by atoms with E-state index in [0.717, 1.165) is 62.5 Å². The van der Waals surface area contributed by atoms with Gasteiger partial charge in [-0.1, -0.05) is 29.3 Å². The smallest absolute Gasteiger partial charge is 0.134 e. The van der Waals surface area contributed by atoms with Gasteiger partial charge in [0.2, 0.25) is 0 Å². The monoisotopic (exact) mass is 436 g/mol. The molecule has 1 aromatic heterocycles. The molecule has 0 aliphatic carbocycles. The molecule has 1 N–H and O–H groups in total. The van der Waals surface area contributed by atoms with E-state index in [-0.39, 0.29) is 18.8 Å². The molecule has 0 spiro atoms. The number of halogens is 2. The summed E-state index contributed by atoms with van der Waals surface area (Å²) in [5, 5.41) is 10.7. The summed E-state index contributed by atoms with van der Waals surface area (Å²) in [5.41, 5.74) is 1.03. The van der Waals surface area contributed by atoms with E-state index in [1.54, 1.807) is 12.4 Å². The van der Waals surface area contributed by atoms with Gasteiger partial charge in [0.05, 0.1) is 35.4 Å². The first-order valence-electron chi connectivity index (χ1n) is 10.1. The average Bonchev–Trinajstić information content (AvgIpc) is 3.24. The molecule has 3 heterocycles. The van der Waals surface area contributed by atoms with Crippen LogP contribution in [-0.4, -0.2) is 53.5 Å². The molecule has 1 atom stereocenters. The number of piperidine rings is 1. The van der Waals surface area contributed by atoms with Gasteiger partial charge in [0.15, 0.2) is 0 Å². The highest BCUT2D eigenvalue weighted by atomic mass is 35.5. The summed E-state index contributed by atoms with van der Waals surface area (Å²) >= 11 is 12.0. The number of aromatic nitrogens is 2. The Morgan fingerprint density at radius 2 is 1.79 bits per heavy atom. The molecule has 1 aromatic carbocycles. The number of hydrogen-bond donors (Lipinski definition) is 1. The van der Waals surface area contributed by atoms with Gasteiger partial charge in [0.25, 0.3) is 0 Å². The summed E-state index contributed by atoms with van der Waals surface area (Å²) in [7, 11) is 0. The van der Waals surface area contributed by atoms with Crippen molar-refractivity contribution >= 4 is 34.8 Å². The molecule has 2 aliphatic heterocycles. The normalized spacial score (nSPS) is 20.4. The first-order valence-corrected chi connectivity index (χ1v) is 10.9. The molecule has 2 fully saturated rings. The van der Waals surface area contributed by atoms with E-state index >= 15 is 0 Å². The second-order valence-electron chi connectivity index (χ2n) is 7.65. The highest BCUT2D eigenvalue weighted by Crippen LogP contribution is 2.28. The van der Waals surface area contributed by atoms with Crippen LogP contribution in [0.15, 0.2) is 30.6 Å². The van der Waals surface area contributed by atoms with E-state index in [1.807, 2.05) is 18.2 Å².